The fourth-order valence-corrected chi connectivity index (χ4v) is 3.15. The van der Waals surface area contributed by atoms with Gasteiger partial charge in [0.1, 0.15) is 5.15 Å². The second kappa shape index (κ2) is 6.67. The molecule has 0 spiro atoms. The van der Waals surface area contributed by atoms with Crippen LogP contribution in [0, 0.1) is 20.8 Å². The molecule has 0 fully saturated rings. The Morgan fingerprint density at radius 2 is 1.54 bits per heavy atom. The lowest BCUT2D eigenvalue weighted by molar-refractivity contribution is 1.20. The number of hydrogen-bond donors (Lipinski definition) is 0. The number of pyridine rings is 3. The van der Waals surface area contributed by atoms with Crippen molar-refractivity contribution in [2.75, 3.05) is 0 Å². The Balaban J connectivity index is 2.34. The van der Waals surface area contributed by atoms with E-state index in [-0.39, 0.29) is 5.15 Å². The molecule has 3 heterocycles. The van der Waals surface area contributed by atoms with E-state index in [0.717, 1.165) is 22.4 Å². The Bertz CT molecular complexity index is 939. The van der Waals surface area contributed by atoms with Gasteiger partial charge in [-0.1, -0.05) is 34.8 Å². The summed E-state index contributed by atoms with van der Waals surface area (Å²) in [5.74, 6) is 0. The Labute approximate surface area is 155 Å². The highest BCUT2D eigenvalue weighted by molar-refractivity contribution is 6.44. The summed E-state index contributed by atoms with van der Waals surface area (Å²) in [6.45, 7) is 5.80. The summed E-state index contributed by atoms with van der Waals surface area (Å²) < 4.78 is 0. The molecule has 3 rings (SSSR count). The van der Waals surface area contributed by atoms with Crippen molar-refractivity contribution in [3.05, 3.63) is 62.5 Å². The van der Waals surface area contributed by atoms with Gasteiger partial charge in [0.15, 0.2) is 0 Å². The first-order valence-corrected chi connectivity index (χ1v) is 8.43. The van der Waals surface area contributed by atoms with Crippen molar-refractivity contribution in [1.82, 2.24) is 15.0 Å². The lowest BCUT2D eigenvalue weighted by atomic mass is 10.00. The van der Waals surface area contributed by atoms with Crippen LogP contribution in [0.4, 0.5) is 0 Å². The molecular formula is C18H14Cl3N3. The van der Waals surface area contributed by atoms with E-state index in [1.165, 1.54) is 0 Å². The van der Waals surface area contributed by atoms with Crippen molar-refractivity contribution >= 4 is 34.8 Å². The maximum absolute atomic E-state index is 6.51. The third kappa shape index (κ3) is 3.00. The second-order valence-electron chi connectivity index (χ2n) is 5.57. The van der Waals surface area contributed by atoms with E-state index >= 15 is 0 Å². The van der Waals surface area contributed by atoms with Crippen LogP contribution in [0.25, 0.3) is 22.6 Å². The van der Waals surface area contributed by atoms with Crippen molar-refractivity contribution in [3.63, 3.8) is 0 Å². The van der Waals surface area contributed by atoms with Gasteiger partial charge in [0, 0.05) is 18.0 Å². The molecule has 3 nitrogen and oxygen atoms in total. The molecule has 0 aromatic carbocycles. The van der Waals surface area contributed by atoms with E-state index in [4.69, 9.17) is 34.8 Å². The van der Waals surface area contributed by atoms with E-state index in [9.17, 15) is 0 Å². The van der Waals surface area contributed by atoms with Gasteiger partial charge in [-0.3, -0.25) is 9.97 Å². The molecule has 0 aliphatic heterocycles. The van der Waals surface area contributed by atoms with Crippen LogP contribution in [0.5, 0.6) is 0 Å². The van der Waals surface area contributed by atoms with E-state index in [2.05, 4.69) is 15.0 Å². The monoisotopic (exact) mass is 377 g/mol. The minimum absolute atomic E-state index is 0.222. The number of aryl methyl sites for hydroxylation is 2. The SMILES string of the molecule is Cc1ccnc(-c2nccc(C)c2-c2nc(Cl)c(Cl)c(C)c2Cl)c1. The summed E-state index contributed by atoms with van der Waals surface area (Å²) in [5.41, 5.74) is 5.62. The first kappa shape index (κ1) is 17.2. The average Bonchev–Trinajstić information content (AvgIpc) is 2.56. The Morgan fingerprint density at radius 1 is 0.833 bits per heavy atom. The molecule has 3 aromatic heterocycles. The Morgan fingerprint density at radius 3 is 2.25 bits per heavy atom. The lowest BCUT2D eigenvalue weighted by Crippen LogP contribution is -1.99. The molecule has 0 aliphatic carbocycles. The van der Waals surface area contributed by atoms with Crippen LogP contribution in [-0.2, 0) is 0 Å². The first-order valence-electron chi connectivity index (χ1n) is 7.30. The normalized spacial score (nSPS) is 10.9. The first-order chi connectivity index (χ1) is 11.4. The standard InChI is InChI=1S/C18H14Cl3N3/c1-9-4-6-22-12(8-9)16-13(10(2)5-7-23-16)17-14(19)11(3)15(20)18(21)24-17/h4-8H,1-3H3. The molecule has 0 radical (unpaired) electrons. The topological polar surface area (TPSA) is 38.7 Å². The molecule has 6 heteroatoms. The largest absolute Gasteiger partial charge is 0.255 e. The smallest absolute Gasteiger partial charge is 0.148 e. The van der Waals surface area contributed by atoms with Crippen LogP contribution in [0.2, 0.25) is 15.2 Å². The summed E-state index contributed by atoms with van der Waals surface area (Å²) in [7, 11) is 0. The van der Waals surface area contributed by atoms with Crippen LogP contribution in [-0.4, -0.2) is 15.0 Å². The highest BCUT2D eigenvalue weighted by Crippen LogP contribution is 2.40. The van der Waals surface area contributed by atoms with Gasteiger partial charge in [0.05, 0.1) is 27.1 Å². The predicted molar refractivity (Wildman–Crippen MR) is 99.9 cm³/mol. The van der Waals surface area contributed by atoms with E-state index < -0.39 is 0 Å². The molecule has 3 aromatic rings. The summed E-state index contributed by atoms with van der Waals surface area (Å²) in [6.07, 6.45) is 3.50. The van der Waals surface area contributed by atoms with Gasteiger partial charge < -0.3 is 0 Å². The molecule has 0 amide bonds. The Kier molecular flexibility index (Phi) is 4.77. The van der Waals surface area contributed by atoms with Crippen molar-refractivity contribution in [1.29, 1.82) is 0 Å². The van der Waals surface area contributed by atoms with Gasteiger partial charge in [-0.2, -0.15) is 0 Å². The van der Waals surface area contributed by atoms with Crippen LogP contribution in [0.15, 0.2) is 30.6 Å². The maximum Gasteiger partial charge on any atom is 0.148 e. The Hall–Kier alpha value is -1.68. The average molecular weight is 379 g/mol. The number of hydrogen-bond acceptors (Lipinski definition) is 3. The lowest BCUT2D eigenvalue weighted by Gasteiger charge is -2.15. The zero-order chi connectivity index (χ0) is 17.4. The fourth-order valence-electron chi connectivity index (χ4n) is 2.51. The van der Waals surface area contributed by atoms with Crippen LogP contribution in [0.1, 0.15) is 16.7 Å². The molecule has 0 saturated heterocycles. The zero-order valence-electron chi connectivity index (χ0n) is 13.4. The van der Waals surface area contributed by atoms with Crippen molar-refractivity contribution in [3.8, 4) is 22.6 Å². The molecule has 0 bridgehead atoms. The third-order valence-electron chi connectivity index (χ3n) is 3.81. The summed E-state index contributed by atoms with van der Waals surface area (Å²) >= 11 is 18.8. The maximum atomic E-state index is 6.51. The van der Waals surface area contributed by atoms with Gasteiger partial charge in [-0.15, -0.1) is 0 Å². The quantitative estimate of drug-likeness (QED) is 0.506. The van der Waals surface area contributed by atoms with Gasteiger partial charge >= 0.3 is 0 Å². The van der Waals surface area contributed by atoms with Gasteiger partial charge in [-0.25, -0.2) is 4.98 Å². The molecule has 24 heavy (non-hydrogen) atoms. The van der Waals surface area contributed by atoms with Crippen molar-refractivity contribution < 1.29 is 0 Å². The molecular weight excluding hydrogens is 365 g/mol. The van der Waals surface area contributed by atoms with E-state index in [1.807, 2.05) is 39.0 Å². The molecule has 0 unspecified atom stereocenters. The predicted octanol–water partition coefficient (Wildman–Crippen LogP) is 6.09. The molecule has 0 saturated carbocycles. The summed E-state index contributed by atoms with van der Waals surface area (Å²) in [4.78, 5) is 13.4. The highest BCUT2D eigenvalue weighted by atomic mass is 35.5. The number of nitrogens with zero attached hydrogens (tertiary/aromatic N) is 3. The number of rotatable bonds is 2. The summed E-state index contributed by atoms with van der Waals surface area (Å²) in [6, 6.07) is 5.82. The van der Waals surface area contributed by atoms with Gasteiger partial charge in [0.25, 0.3) is 0 Å². The number of halogens is 3. The van der Waals surface area contributed by atoms with Crippen LogP contribution >= 0.6 is 34.8 Å². The minimum atomic E-state index is 0.222. The van der Waals surface area contributed by atoms with Crippen LogP contribution in [0.3, 0.4) is 0 Å². The fraction of sp³-hybridized carbons (Fsp3) is 0.167. The van der Waals surface area contributed by atoms with Crippen molar-refractivity contribution in [2.24, 2.45) is 0 Å². The molecule has 122 valence electrons. The third-order valence-corrected chi connectivity index (χ3v) is 5.11. The van der Waals surface area contributed by atoms with Crippen LogP contribution < -0.4 is 0 Å². The minimum Gasteiger partial charge on any atom is -0.255 e. The summed E-state index contributed by atoms with van der Waals surface area (Å²) in [5, 5.41) is 1.05. The van der Waals surface area contributed by atoms with Gasteiger partial charge in [0.2, 0.25) is 0 Å². The van der Waals surface area contributed by atoms with E-state index in [0.29, 0.717) is 27.0 Å². The zero-order valence-corrected chi connectivity index (χ0v) is 15.6. The number of aromatic nitrogens is 3. The second-order valence-corrected chi connectivity index (χ2v) is 6.69. The molecule has 0 N–H and O–H groups in total. The van der Waals surface area contributed by atoms with Gasteiger partial charge in [-0.05, 0) is 55.7 Å². The molecule has 0 aliphatic rings. The van der Waals surface area contributed by atoms with Crippen molar-refractivity contribution in [2.45, 2.75) is 20.8 Å². The van der Waals surface area contributed by atoms with E-state index in [1.54, 1.807) is 12.4 Å². The molecule has 0 atom stereocenters. The highest BCUT2D eigenvalue weighted by Gasteiger charge is 2.20.